The minimum Gasteiger partial charge on any atom is -0.508 e. The molecule has 1 saturated heterocycles. The van der Waals surface area contributed by atoms with E-state index in [1.165, 1.54) is 24.1 Å². The summed E-state index contributed by atoms with van der Waals surface area (Å²) in [7, 11) is 1.29. The monoisotopic (exact) mass is 487 g/mol. The maximum atomic E-state index is 13.2. The van der Waals surface area contributed by atoms with E-state index in [9.17, 15) is 24.6 Å². The number of amides is 1. The molecule has 0 radical (unpaired) electrons. The first-order valence-corrected chi connectivity index (χ1v) is 11.3. The molecule has 0 bridgehead atoms. The maximum absolute atomic E-state index is 13.2. The minimum absolute atomic E-state index is 0.0283. The molecule has 0 saturated carbocycles. The predicted octanol–water partition coefficient (Wildman–Crippen LogP) is 4.20. The number of phenolic OH excluding ortho intramolecular Hbond substituents is 1. The van der Waals surface area contributed by atoms with E-state index < -0.39 is 23.7 Å². The fourth-order valence-corrected chi connectivity index (χ4v) is 4.14. The van der Waals surface area contributed by atoms with Crippen molar-refractivity contribution in [2.75, 3.05) is 13.7 Å². The van der Waals surface area contributed by atoms with E-state index in [2.05, 4.69) is 0 Å². The van der Waals surface area contributed by atoms with E-state index in [1.807, 2.05) is 6.92 Å². The molecule has 1 atom stereocenters. The van der Waals surface area contributed by atoms with Crippen LogP contribution in [0.1, 0.15) is 40.0 Å². The Morgan fingerprint density at radius 1 is 0.917 bits per heavy atom. The molecule has 0 aromatic heterocycles. The van der Waals surface area contributed by atoms with E-state index in [4.69, 9.17) is 9.47 Å². The van der Waals surface area contributed by atoms with Gasteiger partial charge in [-0.1, -0.05) is 24.3 Å². The largest absolute Gasteiger partial charge is 0.508 e. The summed E-state index contributed by atoms with van der Waals surface area (Å²) in [6.07, 6.45) is 0. The van der Waals surface area contributed by atoms with Crippen LogP contribution >= 0.6 is 0 Å². The lowest BCUT2D eigenvalue weighted by Gasteiger charge is -2.25. The number of benzene rings is 3. The molecule has 0 aliphatic carbocycles. The SMILES string of the molecule is CCOc1ccc(/C(O)=C2\C(=O)C(=O)N(Cc3ccc(C(=O)OC)cc3)C2c2ccc(O)cc2)cc1. The molecular weight excluding hydrogens is 462 g/mol. The number of carbonyl (C=O) groups excluding carboxylic acids is 3. The average Bonchev–Trinajstić information content (AvgIpc) is 3.14. The van der Waals surface area contributed by atoms with Crippen molar-refractivity contribution >= 4 is 23.4 Å². The van der Waals surface area contributed by atoms with Crippen LogP contribution in [0.3, 0.4) is 0 Å². The molecule has 1 aliphatic rings. The summed E-state index contributed by atoms with van der Waals surface area (Å²) in [5.41, 5.74) is 1.89. The fourth-order valence-electron chi connectivity index (χ4n) is 4.14. The van der Waals surface area contributed by atoms with Crippen LogP contribution in [0.5, 0.6) is 11.5 Å². The summed E-state index contributed by atoms with van der Waals surface area (Å²) in [5, 5.41) is 20.9. The summed E-state index contributed by atoms with van der Waals surface area (Å²) in [6, 6.07) is 18.3. The van der Waals surface area contributed by atoms with Crippen LogP contribution in [0, 0.1) is 0 Å². The highest BCUT2D eigenvalue weighted by molar-refractivity contribution is 6.46. The van der Waals surface area contributed by atoms with Crippen molar-refractivity contribution in [3.8, 4) is 11.5 Å². The van der Waals surface area contributed by atoms with E-state index >= 15 is 0 Å². The predicted molar refractivity (Wildman–Crippen MR) is 131 cm³/mol. The van der Waals surface area contributed by atoms with Crippen molar-refractivity contribution in [1.82, 2.24) is 4.90 Å². The Labute approximate surface area is 208 Å². The van der Waals surface area contributed by atoms with Gasteiger partial charge in [-0.3, -0.25) is 9.59 Å². The quantitative estimate of drug-likeness (QED) is 0.222. The molecule has 184 valence electrons. The Bertz CT molecular complexity index is 1310. The minimum atomic E-state index is -0.891. The molecule has 1 heterocycles. The molecule has 1 fully saturated rings. The van der Waals surface area contributed by atoms with Crippen molar-refractivity contribution in [2.24, 2.45) is 0 Å². The van der Waals surface area contributed by atoms with Gasteiger partial charge in [0, 0.05) is 12.1 Å². The van der Waals surface area contributed by atoms with Crippen molar-refractivity contribution < 1.29 is 34.1 Å². The number of nitrogens with zero attached hydrogens (tertiary/aromatic N) is 1. The van der Waals surface area contributed by atoms with E-state index in [0.29, 0.717) is 34.6 Å². The summed E-state index contributed by atoms with van der Waals surface area (Å²) >= 11 is 0. The molecule has 3 aromatic carbocycles. The zero-order chi connectivity index (χ0) is 25.8. The zero-order valence-corrected chi connectivity index (χ0v) is 19.8. The number of aliphatic hydroxyl groups is 1. The second kappa shape index (κ2) is 10.4. The van der Waals surface area contributed by atoms with Crippen LogP contribution < -0.4 is 4.74 Å². The van der Waals surface area contributed by atoms with Crippen molar-refractivity contribution in [2.45, 2.75) is 19.5 Å². The van der Waals surface area contributed by atoms with Gasteiger partial charge in [0.1, 0.15) is 17.3 Å². The summed E-state index contributed by atoms with van der Waals surface area (Å²) in [4.78, 5) is 39.4. The molecule has 2 N–H and O–H groups in total. The fraction of sp³-hybridized carbons (Fsp3) is 0.179. The van der Waals surface area contributed by atoms with Crippen LogP contribution in [0.25, 0.3) is 5.76 Å². The number of hydrogen-bond donors (Lipinski definition) is 2. The van der Waals surface area contributed by atoms with Crippen LogP contribution in [-0.4, -0.2) is 46.5 Å². The standard InChI is InChI=1S/C28H25NO7/c1-3-36-22-14-10-19(11-15-22)25(31)23-24(18-8-12-21(30)13-9-18)29(27(33)26(23)32)16-17-4-6-20(7-5-17)28(34)35-2/h4-15,24,30-31H,3,16H2,1-2H3/b25-23+. The number of likely N-dealkylation sites (tertiary alicyclic amines) is 1. The number of methoxy groups -OCH3 is 1. The van der Waals surface area contributed by atoms with Gasteiger partial charge in [0.15, 0.2) is 0 Å². The van der Waals surface area contributed by atoms with Crippen LogP contribution in [0.2, 0.25) is 0 Å². The van der Waals surface area contributed by atoms with E-state index in [0.717, 1.165) is 0 Å². The maximum Gasteiger partial charge on any atom is 0.337 e. The highest BCUT2D eigenvalue weighted by Crippen LogP contribution is 2.40. The topological polar surface area (TPSA) is 113 Å². The van der Waals surface area contributed by atoms with Crippen molar-refractivity contribution in [3.63, 3.8) is 0 Å². The molecule has 1 amide bonds. The lowest BCUT2D eigenvalue weighted by atomic mass is 9.95. The first-order valence-electron chi connectivity index (χ1n) is 11.3. The molecule has 1 aliphatic heterocycles. The number of carbonyl (C=O) groups is 3. The van der Waals surface area contributed by atoms with Gasteiger partial charge in [-0.05, 0) is 66.6 Å². The number of aliphatic hydroxyl groups excluding tert-OH is 1. The highest BCUT2D eigenvalue weighted by atomic mass is 16.5. The summed E-state index contributed by atoms with van der Waals surface area (Å²) < 4.78 is 10.2. The molecule has 8 heteroatoms. The molecule has 0 spiro atoms. The smallest absolute Gasteiger partial charge is 0.337 e. The number of phenols is 1. The number of aromatic hydroxyl groups is 1. The van der Waals surface area contributed by atoms with Crippen LogP contribution in [0.4, 0.5) is 0 Å². The number of Topliss-reactive ketones (excluding diaryl/α,β-unsaturated/α-hetero) is 1. The lowest BCUT2D eigenvalue weighted by molar-refractivity contribution is -0.140. The zero-order valence-electron chi connectivity index (χ0n) is 19.8. The van der Waals surface area contributed by atoms with Gasteiger partial charge >= 0.3 is 5.97 Å². The van der Waals surface area contributed by atoms with E-state index in [-0.39, 0.29) is 23.6 Å². The first kappa shape index (κ1) is 24.5. The molecular formula is C28H25NO7. The number of esters is 1. The third kappa shape index (κ3) is 4.79. The third-order valence-corrected chi connectivity index (χ3v) is 5.92. The molecule has 8 nitrogen and oxygen atoms in total. The van der Waals surface area contributed by atoms with E-state index in [1.54, 1.807) is 60.7 Å². The first-order chi connectivity index (χ1) is 17.3. The van der Waals surface area contributed by atoms with Gasteiger partial charge in [-0.2, -0.15) is 0 Å². The van der Waals surface area contributed by atoms with Crippen molar-refractivity contribution in [3.05, 3.63) is 101 Å². The molecule has 4 rings (SSSR count). The number of ether oxygens (including phenoxy) is 2. The molecule has 36 heavy (non-hydrogen) atoms. The Hall–Kier alpha value is -4.59. The van der Waals surface area contributed by atoms with Gasteiger partial charge in [0.2, 0.25) is 0 Å². The molecule has 3 aromatic rings. The Morgan fingerprint density at radius 3 is 2.11 bits per heavy atom. The van der Waals surface area contributed by atoms with Gasteiger partial charge in [0.25, 0.3) is 11.7 Å². The lowest BCUT2D eigenvalue weighted by Crippen LogP contribution is -2.29. The highest BCUT2D eigenvalue weighted by Gasteiger charge is 2.46. The average molecular weight is 488 g/mol. The molecule has 1 unspecified atom stereocenters. The van der Waals surface area contributed by atoms with Gasteiger partial charge in [0.05, 0.1) is 30.9 Å². The Kier molecular flexibility index (Phi) is 7.05. The van der Waals surface area contributed by atoms with Gasteiger partial charge in [-0.15, -0.1) is 0 Å². The Morgan fingerprint density at radius 2 is 1.53 bits per heavy atom. The van der Waals surface area contributed by atoms with Crippen LogP contribution in [-0.2, 0) is 20.9 Å². The Balaban J connectivity index is 1.76. The van der Waals surface area contributed by atoms with Gasteiger partial charge in [-0.25, -0.2) is 4.79 Å². The summed E-state index contributed by atoms with van der Waals surface area (Å²) in [6.45, 7) is 2.39. The number of rotatable bonds is 7. The second-order valence-electron chi connectivity index (χ2n) is 8.16. The van der Waals surface area contributed by atoms with Crippen LogP contribution in [0.15, 0.2) is 78.4 Å². The number of ketones is 1. The van der Waals surface area contributed by atoms with Crippen molar-refractivity contribution in [1.29, 1.82) is 0 Å². The summed E-state index contributed by atoms with van der Waals surface area (Å²) in [5.74, 6) is -1.73. The third-order valence-electron chi connectivity index (χ3n) is 5.92. The second-order valence-corrected chi connectivity index (χ2v) is 8.16. The normalized spacial score (nSPS) is 16.7. The number of hydrogen-bond acceptors (Lipinski definition) is 7. The van der Waals surface area contributed by atoms with Gasteiger partial charge < -0.3 is 24.6 Å².